The summed E-state index contributed by atoms with van der Waals surface area (Å²) in [5.41, 5.74) is 1.56. The van der Waals surface area contributed by atoms with Crippen LogP contribution in [0.3, 0.4) is 0 Å². The Hall–Kier alpha value is -2.95. The van der Waals surface area contributed by atoms with E-state index in [4.69, 9.17) is 14.2 Å². The maximum Gasteiger partial charge on any atom is 0.248 e. The number of amides is 1. The monoisotopic (exact) mass is 323 g/mol. The molecule has 122 valence electrons. The van der Waals surface area contributed by atoms with Gasteiger partial charge in [0.1, 0.15) is 5.75 Å². The summed E-state index contributed by atoms with van der Waals surface area (Å²) in [7, 11) is 0. The van der Waals surface area contributed by atoms with Gasteiger partial charge >= 0.3 is 0 Å². The highest BCUT2D eigenvalue weighted by atomic mass is 16.7. The molecule has 0 bridgehead atoms. The van der Waals surface area contributed by atoms with Crippen LogP contribution in [0.5, 0.6) is 17.2 Å². The van der Waals surface area contributed by atoms with Crippen molar-refractivity contribution in [3.05, 3.63) is 54.1 Å². The van der Waals surface area contributed by atoms with Gasteiger partial charge in [-0.05, 0) is 37.1 Å². The Morgan fingerprint density at radius 1 is 1.12 bits per heavy atom. The average Bonchev–Trinajstić information content (AvgIpc) is 3.28. The Morgan fingerprint density at radius 2 is 1.96 bits per heavy atom. The van der Waals surface area contributed by atoms with Crippen LogP contribution in [-0.4, -0.2) is 18.8 Å². The smallest absolute Gasteiger partial charge is 0.248 e. The quantitative estimate of drug-likeness (QED) is 0.854. The minimum atomic E-state index is -0.213. The molecule has 1 aliphatic heterocycles. The Morgan fingerprint density at radius 3 is 2.83 bits per heavy atom. The van der Waals surface area contributed by atoms with Crippen molar-refractivity contribution in [2.45, 2.75) is 18.9 Å². The fourth-order valence-corrected chi connectivity index (χ4v) is 2.41. The summed E-state index contributed by atoms with van der Waals surface area (Å²) in [6.07, 6.45) is 5.78. The number of ether oxygens (including phenoxy) is 3. The van der Waals surface area contributed by atoms with E-state index >= 15 is 0 Å². The molecule has 1 fully saturated rings. The maximum atomic E-state index is 12.1. The fourth-order valence-electron chi connectivity index (χ4n) is 2.41. The number of hydrogen-bond acceptors (Lipinski definition) is 4. The zero-order valence-electron chi connectivity index (χ0n) is 13.0. The van der Waals surface area contributed by atoms with Gasteiger partial charge in [-0.3, -0.25) is 4.79 Å². The Balaban J connectivity index is 1.43. The highest BCUT2D eigenvalue weighted by Gasteiger charge is 2.24. The normalized spacial score (nSPS) is 15.5. The van der Waals surface area contributed by atoms with Gasteiger partial charge in [-0.2, -0.15) is 0 Å². The lowest BCUT2D eigenvalue weighted by Crippen LogP contribution is -2.07. The van der Waals surface area contributed by atoms with Gasteiger partial charge in [-0.25, -0.2) is 0 Å². The first-order valence-corrected chi connectivity index (χ1v) is 7.92. The summed E-state index contributed by atoms with van der Waals surface area (Å²) in [6, 6.07) is 13.0. The topological polar surface area (TPSA) is 56.8 Å². The molecule has 0 spiro atoms. The first-order chi connectivity index (χ1) is 11.8. The third kappa shape index (κ3) is 3.35. The molecule has 0 saturated heterocycles. The molecule has 2 aliphatic rings. The van der Waals surface area contributed by atoms with Gasteiger partial charge in [-0.15, -0.1) is 0 Å². The van der Waals surface area contributed by atoms with Crippen molar-refractivity contribution in [3.63, 3.8) is 0 Å². The molecule has 24 heavy (non-hydrogen) atoms. The molecule has 2 aromatic carbocycles. The molecule has 2 aromatic rings. The lowest BCUT2D eigenvalue weighted by Gasteiger charge is -2.07. The molecule has 5 nitrogen and oxygen atoms in total. The van der Waals surface area contributed by atoms with E-state index in [0.717, 1.165) is 24.2 Å². The lowest BCUT2D eigenvalue weighted by atomic mass is 10.2. The summed E-state index contributed by atoms with van der Waals surface area (Å²) in [4.78, 5) is 12.1. The molecule has 1 amide bonds. The number of fused-ring (bicyclic) bond motifs is 1. The first kappa shape index (κ1) is 14.6. The molecular formula is C19H17NO4. The summed E-state index contributed by atoms with van der Waals surface area (Å²) in [5, 5.41) is 2.81. The number of carbonyl (C=O) groups excluding carboxylic acids is 1. The second-order valence-electron chi connectivity index (χ2n) is 5.75. The summed E-state index contributed by atoms with van der Waals surface area (Å²) < 4.78 is 16.4. The summed E-state index contributed by atoms with van der Waals surface area (Å²) in [5.74, 6) is 1.93. The standard InChI is InChI=1S/C19H17NO4/c21-19(20-14-6-9-17-18(11-14)23-12-22-17)10-5-13-3-1-2-4-16(13)24-15-7-8-15/h1-6,9-11,15H,7-8,12H2,(H,20,21)/b10-5-. The van der Waals surface area contributed by atoms with Crippen LogP contribution in [-0.2, 0) is 4.79 Å². The van der Waals surface area contributed by atoms with E-state index in [-0.39, 0.29) is 12.7 Å². The predicted molar refractivity (Wildman–Crippen MR) is 90.3 cm³/mol. The van der Waals surface area contributed by atoms with E-state index in [2.05, 4.69) is 5.32 Å². The third-order valence-corrected chi connectivity index (χ3v) is 3.79. The number of anilines is 1. The Kier molecular flexibility index (Phi) is 3.83. The van der Waals surface area contributed by atoms with Gasteiger partial charge in [0.05, 0.1) is 6.10 Å². The van der Waals surface area contributed by atoms with E-state index in [1.165, 1.54) is 6.08 Å². The van der Waals surface area contributed by atoms with Crippen LogP contribution in [0.4, 0.5) is 5.69 Å². The number of rotatable bonds is 5. The van der Waals surface area contributed by atoms with Crippen molar-refractivity contribution in [1.29, 1.82) is 0 Å². The van der Waals surface area contributed by atoms with Crippen molar-refractivity contribution in [2.24, 2.45) is 0 Å². The van der Waals surface area contributed by atoms with E-state index in [9.17, 15) is 4.79 Å². The molecule has 5 heteroatoms. The second-order valence-corrected chi connectivity index (χ2v) is 5.75. The fraction of sp³-hybridized carbons (Fsp3) is 0.211. The molecule has 1 N–H and O–H groups in total. The van der Waals surface area contributed by atoms with Crippen LogP contribution in [0.25, 0.3) is 6.08 Å². The average molecular weight is 323 g/mol. The van der Waals surface area contributed by atoms with Crippen LogP contribution < -0.4 is 19.5 Å². The molecule has 4 rings (SSSR count). The highest BCUT2D eigenvalue weighted by Crippen LogP contribution is 2.34. The minimum Gasteiger partial charge on any atom is -0.490 e. The molecular weight excluding hydrogens is 306 g/mol. The summed E-state index contributed by atoms with van der Waals surface area (Å²) in [6.45, 7) is 0.213. The molecule has 0 radical (unpaired) electrons. The number of hydrogen-bond donors (Lipinski definition) is 1. The third-order valence-electron chi connectivity index (χ3n) is 3.79. The van der Waals surface area contributed by atoms with Gasteiger partial charge in [-0.1, -0.05) is 18.2 Å². The van der Waals surface area contributed by atoms with Crippen LogP contribution in [0, 0.1) is 0 Å². The summed E-state index contributed by atoms with van der Waals surface area (Å²) >= 11 is 0. The van der Waals surface area contributed by atoms with Crippen LogP contribution in [0.15, 0.2) is 48.5 Å². The number of carbonyl (C=O) groups is 1. The largest absolute Gasteiger partial charge is 0.490 e. The highest BCUT2D eigenvalue weighted by molar-refractivity contribution is 6.02. The zero-order valence-corrected chi connectivity index (χ0v) is 13.0. The number of para-hydroxylation sites is 1. The van der Waals surface area contributed by atoms with Crippen molar-refractivity contribution in [1.82, 2.24) is 0 Å². The zero-order chi connectivity index (χ0) is 16.4. The van der Waals surface area contributed by atoms with Crippen molar-refractivity contribution in [3.8, 4) is 17.2 Å². The van der Waals surface area contributed by atoms with Crippen molar-refractivity contribution < 1.29 is 19.0 Å². The van der Waals surface area contributed by atoms with Crippen molar-refractivity contribution >= 4 is 17.7 Å². The minimum absolute atomic E-state index is 0.213. The van der Waals surface area contributed by atoms with Gasteiger partial charge in [0.2, 0.25) is 12.7 Å². The Labute approximate surface area is 139 Å². The number of nitrogens with one attached hydrogen (secondary N) is 1. The molecule has 0 atom stereocenters. The van der Waals surface area contributed by atoms with E-state index in [0.29, 0.717) is 23.3 Å². The molecule has 1 saturated carbocycles. The van der Waals surface area contributed by atoms with Crippen LogP contribution >= 0.6 is 0 Å². The number of benzene rings is 2. The van der Waals surface area contributed by atoms with Gasteiger partial charge in [0, 0.05) is 23.4 Å². The molecule has 0 aromatic heterocycles. The molecule has 1 aliphatic carbocycles. The van der Waals surface area contributed by atoms with Crippen LogP contribution in [0.2, 0.25) is 0 Å². The predicted octanol–water partition coefficient (Wildman–Crippen LogP) is 3.61. The SMILES string of the molecule is O=C(/C=C\c1ccccc1OC1CC1)Nc1ccc2c(c1)OCO2. The van der Waals surface area contributed by atoms with E-state index in [1.54, 1.807) is 24.3 Å². The lowest BCUT2D eigenvalue weighted by molar-refractivity contribution is -0.111. The van der Waals surface area contributed by atoms with Crippen LogP contribution in [0.1, 0.15) is 18.4 Å². The maximum absolute atomic E-state index is 12.1. The van der Waals surface area contributed by atoms with E-state index in [1.807, 2.05) is 24.3 Å². The van der Waals surface area contributed by atoms with Gasteiger partial charge < -0.3 is 19.5 Å². The van der Waals surface area contributed by atoms with Gasteiger partial charge in [0.15, 0.2) is 11.5 Å². The molecule has 1 heterocycles. The Bertz CT molecular complexity index is 796. The molecule has 0 unspecified atom stereocenters. The van der Waals surface area contributed by atoms with Gasteiger partial charge in [0.25, 0.3) is 0 Å². The van der Waals surface area contributed by atoms with Crippen molar-refractivity contribution in [2.75, 3.05) is 12.1 Å². The van der Waals surface area contributed by atoms with E-state index < -0.39 is 0 Å². The first-order valence-electron chi connectivity index (χ1n) is 7.92. The second kappa shape index (κ2) is 6.28.